The number of imide groups is 1. The monoisotopic (exact) mass is 531 g/mol. The first kappa shape index (κ1) is 27.2. The van der Waals surface area contributed by atoms with Crippen molar-refractivity contribution >= 4 is 25.2 Å². The summed E-state index contributed by atoms with van der Waals surface area (Å²) >= 11 is 0. The standard InChI is InChI=1S/C30H30NO6P/c32-28-26-15-7-8-16-27(26)29(33)31(28)19-9-10-20-38(35,36)22-25(18-17-23-11-3-1-4-12-23)30(34)37-21-24-13-5-2-6-14-24/h1-16,25H,17-22H2,(H,35,36)/b10-9+. The average molecular weight is 532 g/mol. The molecule has 2 amide bonds. The minimum atomic E-state index is -3.75. The fourth-order valence-corrected chi connectivity index (χ4v) is 6.01. The number of rotatable bonds is 12. The summed E-state index contributed by atoms with van der Waals surface area (Å²) in [4.78, 5) is 49.7. The molecular formula is C30H30NO6P. The Hall–Kier alpha value is -3.80. The molecule has 4 rings (SSSR count). The summed E-state index contributed by atoms with van der Waals surface area (Å²) in [6, 6.07) is 25.5. The maximum absolute atomic E-state index is 13.1. The predicted molar refractivity (Wildman–Crippen MR) is 145 cm³/mol. The second-order valence-corrected chi connectivity index (χ2v) is 11.7. The lowest BCUT2D eigenvalue weighted by Crippen LogP contribution is -2.29. The Balaban J connectivity index is 1.35. The second-order valence-electron chi connectivity index (χ2n) is 9.26. The minimum Gasteiger partial charge on any atom is -0.461 e. The van der Waals surface area contributed by atoms with Gasteiger partial charge in [0.25, 0.3) is 11.8 Å². The fourth-order valence-electron chi connectivity index (χ4n) is 4.36. The van der Waals surface area contributed by atoms with E-state index in [-0.39, 0.29) is 37.3 Å². The lowest BCUT2D eigenvalue weighted by molar-refractivity contribution is -0.149. The molecule has 0 aromatic heterocycles. The van der Waals surface area contributed by atoms with Crippen LogP contribution < -0.4 is 0 Å². The van der Waals surface area contributed by atoms with E-state index in [0.717, 1.165) is 16.0 Å². The number of amides is 2. The van der Waals surface area contributed by atoms with E-state index in [0.29, 0.717) is 24.0 Å². The topological polar surface area (TPSA) is 101 Å². The molecule has 1 aliphatic rings. The van der Waals surface area contributed by atoms with E-state index < -0.39 is 19.3 Å². The van der Waals surface area contributed by atoms with Crippen LogP contribution in [0.1, 0.15) is 38.3 Å². The number of hydrogen-bond donors (Lipinski definition) is 1. The number of ether oxygens (including phenoxy) is 1. The van der Waals surface area contributed by atoms with Crippen LogP contribution in [0.15, 0.2) is 97.1 Å². The Labute approximate surface area is 222 Å². The molecule has 2 atom stereocenters. The van der Waals surface area contributed by atoms with Gasteiger partial charge in [-0.1, -0.05) is 84.9 Å². The van der Waals surface area contributed by atoms with Crippen molar-refractivity contribution in [3.05, 3.63) is 119 Å². The molecule has 1 N–H and O–H groups in total. The van der Waals surface area contributed by atoms with Crippen LogP contribution in [0.4, 0.5) is 0 Å². The number of aryl methyl sites for hydroxylation is 1. The van der Waals surface area contributed by atoms with Crippen LogP contribution >= 0.6 is 7.37 Å². The van der Waals surface area contributed by atoms with Gasteiger partial charge < -0.3 is 9.63 Å². The Bertz CT molecular complexity index is 1320. The molecular weight excluding hydrogens is 501 g/mol. The van der Waals surface area contributed by atoms with E-state index in [1.807, 2.05) is 60.7 Å². The zero-order chi connectivity index (χ0) is 27.0. The van der Waals surface area contributed by atoms with Gasteiger partial charge in [0.15, 0.2) is 0 Å². The summed E-state index contributed by atoms with van der Waals surface area (Å²) in [6.45, 7) is 0.0975. The molecule has 3 aromatic carbocycles. The van der Waals surface area contributed by atoms with Gasteiger partial charge in [0.1, 0.15) is 6.61 Å². The SMILES string of the molecule is O=C(OCc1ccccc1)C(CCc1ccccc1)CP(=O)(O)C/C=C/CN1C(=O)c2ccccc2C1=O. The maximum atomic E-state index is 13.1. The van der Waals surface area contributed by atoms with E-state index in [1.54, 1.807) is 24.3 Å². The quantitative estimate of drug-likeness (QED) is 0.151. The van der Waals surface area contributed by atoms with Crippen LogP contribution in [0, 0.1) is 5.92 Å². The third-order valence-electron chi connectivity index (χ3n) is 6.41. The molecule has 38 heavy (non-hydrogen) atoms. The normalized spacial score (nSPS) is 15.3. The lowest BCUT2D eigenvalue weighted by atomic mass is 10.0. The summed E-state index contributed by atoms with van der Waals surface area (Å²) in [6.07, 6.45) is 3.59. The smallest absolute Gasteiger partial charge is 0.309 e. The highest BCUT2D eigenvalue weighted by Gasteiger charge is 2.34. The van der Waals surface area contributed by atoms with Crippen molar-refractivity contribution in [2.24, 2.45) is 5.92 Å². The third-order valence-corrected chi connectivity index (χ3v) is 8.20. The van der Waals surface area contributed by atoms with Crippen LogP contribution in [0.5, 0.6) is 0 Å². The molecule has 0 saturated heterocycles. The Morgan fingerprint density at radius 2 is 1.39 bits per heavy atom. The van der Waals surface area contributed by atoms with Crippen LogP contribution in [0.3, 0.4) is 0 Å². The van der Waals surface area contributed by atoms with Gasteiger partial charge >= 0.3 is 5.97 Å². The Morgan fingerprint density at radius 3 is 2.00 bits per heavy atom. The summed E-state index contributed by atoms with van der Waals surface area (Å²) in [5, 5.41) is 0. The summed E-state index contributed by atoms with van der Waals surface area (Å²) < 4.78 is 18.6. The average Bonchev–Trinajstić information content (AvgIpc) is 3.18. The first-order valence-corrected chi connectivity index (χ1v) is 14.5. The van der Waals surface area contributed by atoms with Crippen molar-refractivity contribution in [1.82, 2.24) is 4.90 Å². The number of allylic oxidation sites excluding steroid dienone is 1. The largest absolute Gasteiger partial charge is 0.461 e. The number of carbonyl (C=O) groups is 3. The molecule has 196 valence electrons. The van der Waals surface area contributed by atoms with Gasteiger partial charge in [-0.2, -0.15) is 0 Å². The van der Waals surface area contributed by atoms with Crippen LogP contribution in [0.2, 0.25) is 0 Å². The van der Waals surface area contributed by atoms with Gasteiger partial charge in [0, 0.05) is 18.9 Å². The van der Waals surface area contributed by atoms with Gasteiger partial charge in [-0.05, 0) is 36.1 Å². The molecule has 1 aliphatic heterocycles. The fraction of sp³-hybridized carbons (Fsp3) is 0.233. The first-order valence-electron chi connectivity index (χ1n) is 12.5. The number of carbonyl (C=O) groups excluding carboxylic acids is 3. The highest BCUT2D eigenvalue weighted by molar-refractivity contribution is 7.58. The van der Waals surface area contributed by atoms with Gasteiger partial charge in [-0.3, -0.25) is 23.8 Å². The first-order chi connectivity index (χ1) is 18.3. The van der Waals surface area contributed by atoms with Crippen molar-refractivity contribution in [2.45, 2.75) is 19.4 Å². The number of benzene rings is 3. The van der Waals surface area contributed by atoms with Gasteiger partial charge in [-0.25, -0.2) is 0 Å². The van der Waals surface area contributed by atoms with Gasteiger partial charge in [-0.15, -0.1) is 0 Å². The number of esters is 1. The molecule has 1 heterocycles. The van der Waals surface area contributed by atoms with Gasteiger partial charge in [0.2, 0.25) is 7.37 Å². The molecule has 7 nitrogen and oxygen atoms in total. The van der Waals surface area contributed by atoms with Gasteiger partial charge in [0.05, 0.1) is 17.0 Å². The van der Waals surface area contributed by atoms with Crippen molar-refractivity contribution in [3.63, 3.8) is 0 Å². The molecule has 0 saturated carbocycles. The van der Waals surface area contributed by atoms with E-state index in [1.165, 1.54) is 12.2 Å². The maximum Gasteiger partial charge on any atom is 0.309 e. The highest BCUT2D eigenvalue weighted by atomic mass is 31.2. The van der Waals surface area contributed by atoms with Crippen LogP contribution in [-0.2, 0) is 27.1 Å². The summed E-state index contributed by atoms with van der Waals surface area (Å²) in [5.41, 5.74) is 2.58. The van der Waals surface area contributed by atoms with Crippen molar-refractivity contribution in [1.29, 1.82) is 0 Å². The highest BCUT2D eigenvalue weighted by Crippen LogP contribution is 2.43. The number of fused-ring (bicyclic) bond motifs is 1. The number of hydrogen-bond acceptors (Lipinski definition) is 5. The van der Waals surface area contributed by atoms with E-state index in [4.69, 9.17) is 4.74 Å². The zero-order valence-electron chi connectivity index (χ0n) is 20.9. The molecule has 0 aliphatic carbocycles. The molecule has 0 radical (unpaired) electrons. The van der Waals surface area contributed by atoms with E-state index >= 15 is 0 Å². The molecule has 8 heteroatoms. The van der Waals surface area contributed by atoms with Crippen molar-refractivity contribution in [2.75, 3.05) is 18.9 Å². The lowest BCUT2D eigenvalue weighted by Gasteiger charge is -2.19. The van der Waals surface area contributed by atoms with E-state index in [2.05, 4.69) is 0 Å². The van der Waals surface area contributed by atoms with Crippen LogP contribution in [-0.4, -0.2) is 46.4 Å². The van der Waals surface area contributed by atoms with Crippen molar-refractivity contribution < 1.29 is 28.6 Å². The number of nitrogens with zero attached hydrogens (tertiary/aromatic N) is 1. The molecule has 2 unspecified atom stereocenters. The second kappa shape index (κ2) is 12.6. The molecule has 0 spiro atoms. The third kappa shape index (κ3) is 7.15. The molecule has 0 bridgehead atoms. The van der Waals surface area contributed by atoms with Crippen molar-refractivity contribution in [3.8, 4) is 0 Å². The molecule has 3 aromatic rings. The van der Waals surface area contributed by atoms with Crippen LogP contribution in [0.25, 0.3) is 0 Å². The summed E-state index contributed by atoms with van der Waals surface area (Å²) in [7, 11) is -3.75. The van der Waals surface area contributed by atoms with E-state index in [9.17, 15) is 23.8 Å². The minimum absolute atomic E-state index is 0.00288. The predicted octanol–water partition coefficient (Wildman–Crippen LogP) is 5.10. The zero-order valence-corrected chi connectivity index (χ0v) is 21.8. The summed E-state index contributed by atoms with van der Waals surface area (Å²) in [5.74, 6) is -2.03. The Kier molecular flexibility index (Phi) is 9.06. The Morgan fingerprint density at radius 1 is 0.842 bits per heavy atom. The molecule has 0 fully saturated rings.